The normalized spacial score (nSPS) is 10.2. The van der Waals surface area contributed by atoms with Crippen LogP contribution in [0.3, 0.4) is 0 Å². The van der Waals surface area contributed by atoms with Crippen LogP contribution in [0.15, 0.2) is 24.3 Å². The molecular formula is C9H8N5O2-. The molecule has 0 fully saturated rings. The van der Waals surface area contributed by atoms with Crippen LogP contribution in [0.2, 0.25) is 0 Å². The second-order valence-corrected chi connectivity index (χ2v) is 3.15. The molecule has 1 aromatic heterocycles. The highest BCUT2D eigenvalue weighted by Gasteiger charge is 2.08. The van der Waals surface area contributed by atoms with E-state index in [0.717, 1.165) is 4.68 Å². The molecule has 0 spiro atoms. The van der Waals surface area contributed by atoms with Gasteiger partial charge in [-0.25, -0.2) is 4.68 Å². The minimum Gasteiger partial charge on any atom is -0.548 e. The second kappa shape index (κ2) is 3.97. The van der Waals surface area contributed by atoms with Crippen molar-refractivity contribution in [1.29, 1.82) is 0 Å². The molecule has 82 valence electrons. The van der Waals surface area contributed by atoms with Gasteiger partial charge in [0.1, 0.15) is 0 Å². The first-order valence-electron chi connectivity index (χ1n) is 4.49. The molecule has 2 N–H and O–H groups in total. The Morgan fingerprint density at radius 3 is 2.69 bits per heavy atom. The van der Waals surface area contributed by atoms with Crippen molar-refractivity contribution in [3.63, 3.8) is 0 Å². The van der Waals surface area contributed by atoms with Crippen molar-refractivity contribution in [3.05, 3.63) is 24.3 Å². The molecule has 0 radical (unpaired) electrons. The third kappa shape index (κ3) is 1.97. The lowest BCUT2D eigenvalue weighted by Gasteiger charge is -2.05. The summed E-state index contributed by atoms with van der Waals surface area (Å²) < 4.78 is 1.15. The number of nitrogens with zero attached hydrogens (tertiary/aromatic N) is 4. The Labute approximate surface area is 90.5 Å². The number of rotatable bonds is 3. The Balaban J connectivity index is 2.36. The topological polar surface area (TPSA) is 110 Å². The van der Waals surface area contributed by atoms with Crippen molar-refractivity contribution in [3.8, 4) is 11.4 Å². The van der Waals surface area contributed by atoms with E-state index in [1.165, 1.54) is 0 Å². The molecule has 0 aliphatic rings. The number of hydrogen-bond donors (Lipinski definition) is 1. The predicted molar refractivity (Wildman–Crippen MR) is 52.7 cm³/mol. The highest BCUT2D eigenvalue weighted by Crippen LogP contribution is 2.16. The van der Waals surface area contributed by atoms with Crippen LogP contribution in [0.4, 0.5) is 5.69 Å². The summed E-state index contributed by atoms with van der Waals surface area (Å²) in [6, 6.07) is 6.81. The molecule has 16 heavy (non-hydrogen) atoms. The van der Waals surface area contributed by atoms with Crippen LogP contribution >= 0.6 is 0 Å². The maximum atomic E-state index is 10.5. The van der Waals surface area contributed by atoms with E-state index in [9.17, 15) is 9.90 Å². The number of nitrogens with two attached hydrogens (primary N) is 1. The standard InChI is InChI=1S/C9H9N5O2/c10-7-3-1-6(2-4-7)9-11-12-13-14(9)5-8(15)16/h1-4H,5,10H2,(H,15,16)/p-1. The summed E-state index contributed by atoms with van der Waals surface area (Å²) in [5, 5.41) is 21.2. The van der Waals surface area contributed by atoms with Crippen molar-refractivity contribution < 1.29 is 9.90 Å². The first-order chi connectivity index (χ1) is 7.66. The van der Waals surface area contributed by atoms with Crippen LogP contribution in [-0.2, 0) is 11.3 Å². The van der Waals surface area contributed by atoms with Crippen molar-refractivity contribution in [2.75, 3.05) is 5.73 Å². The third-order valence-corrected chi connectivity index (χ3v) is 1.98. The third-order valence-electron chi connectivity index (χ3n) is 1.98. The number of aromatic nitrogens is 4. The number of nitrogen functional groups attached to an aromatic ring is 1. The van der Waals surface area contributed by atoms with Gasteiger partial charge in [0, 0.05) is 11.3 Å². The Hall–Kier alpha value is -2.44. The lowest BCUT2D eigenvalue weighted by molar-refractivity contribution is -0.306. The molecule has 0 aliphatic carbocycles. The van der Waals surface area contributed by atoms with E-state index in [4.69, 9.17) is 5.73 Å². The van der Waals surface area contributed by atoms with Gasteiger partial charge in [-0.15, -0.1) is 5.10 Å². The number of benzene rings is 1. The zero-order chi connectivity index (χ0) is 11.5. The van der Waals surface area contributed by atoms with Gasteiger partial charge < -0.3 is 15.6 Å². The first kappa shape index (κ1) is 10.1. The van der Waals surface area contributed by atoms with E-state index in [2.05, 4.69) is 15.5 Å². The molecule has 0 saturated carbocycles. The zero-order valence-corrected chi connectivity index (χ0v) is 8.20. The average molecular weight is 218 g/mol. The van der Waals surface area contributed by atoms with Crippen molar-refractivity contribution >= 4 is 11.7 Å². The fourth-order valence-electron chi connectivity index (χ4n) is 1.27. The summed E-state index contributed by atoms with van der Waals surface area (Å²) in [7, 11) is 0. The summed E-state index contributed by atoms with van der Waals surface area (Å²) in [6.07, 6.45) is 0. The van der Waals surface area contributed by atoms with E-state index >= 15 is 0 Å². The molecule has 0 saturated heterocycles. The van der Waals surface area contributed by atoms with Gasteiger partial charge >= 0.3 is 0 Å². The number of carbonyl (C=O) groups is 1. The molecule has 0 atom stereocenters. The summed E-state index contributed by atoms with van der Waals surface area (Å²) in [4.78, 5) is 10.5. The second-order valence-electron chi connectivity index (χ2n) is 3.15. The van der Waals surface area contributed by atoms with Crippen LogP contribution in [0.25, 0.3) is 11.4 Å². The van der Waals surface area contributed by atoms with E-state index in [0.29, 0.717) is 17.1 Å². The molecule has 7 nitrogen and oxygen atoms in total. The lowest BCUT2D eigenvalue weighted by Crippen LogP contribution is -2.28. The molecule has 0 aliphatic heterocycles. The van der Waals surface area contributed by atoms with E-state index in [1.807, 2.05) is 0 Å². The lowest BCUT2D eigenvalue weighted by atomic mass is 10.2. The fourth-order valence-corrected chi connectivity index (χ4v) is 1.27. The number of carboxylic acids is 1. The molecule has 7 heteroatoms. The monoisotopic (exact) mass is 218 g/mol. The Morgan fingerprint density at radius 1 is 1.38 bits per heavy atom. The summed E-state index contributed by atoms with van der Waals surface area (Å²) in [6.45, 7) is -0.382. The SMILES string of the molecule is Nc1ccc(-c2nnnn2CC(=O)[O-])cc1. The summed E-state index contributed by atoms with van der Waals surface area (Å²) in [5.74, 6) is -0.881. The van der Waals surface area contributed by atoms with Gasteiger partial charge in [-0.05, 0) is 34.7 Å². The van der Waals surface area contributed by atoms with Gasteiger partial charge in [0.15, 0.2) is 5.82 Å². The maximum absolute atomic E-state index is 10.5. The molecule has 2 aromatic rings. The van der Waals surface area contributed by atoms with Gasteiger partial charge in [-0.3, -0.25) is 0 Å². The minimum atomic E-state index is -1.25. The Bertz CT molecular complexity index is 505. The highest BCUT2D eigenvalue weighted by molar-refractivity contribution is 5.66. The number of carbonyl (C=O) groups excluding carboxylic acids is 1. The van der Waals surface area contributed by atoms with Crippen molar-refractivity contribution in [1.82, 2.24) is 20.2 Å². The smallest absolute Gasteiger partial charge is 0.182 e. The predicted octanol–water partition coefficient (Wildman–Crippen LogP) is -1.33. The van der Waals surface area contributed by atoms with Gasteiger partial charge in [0.05, 0.1) is 12.5 Å². The molecular weight excluding hydrogens is 210 g/mol. The van der Waals surface area contributed by atoms with Crippen molar-refractivity contribution in [2.24, 2.45) is 0 Å². The van der Waals surface area contributed by atoms with E-state index < -0.39 is 5.97 Å². The number of anilines is 1. The van der Waals surface area contributed by atoms with Crippen LogP contribution < -0.4 is 10.8 Å². The van der Waals surface area contributed by atoms with Crippen LogP contribution in [0.1, 0.15) is 0 Å². The van der Waals surface area contributed by atoms with Crippen molar-refractivity contribution in [2.45, 2.75) is 6.54 Å². The Kier molecular flexibility index (Phi) is 2.50. The fraction of sp³-hybridized carbons (Fsp3) is 0.111. The molecule has 1 aromatic carbocycles. The van der Waals surface area contributed by atoms with Crippen LogP contribution in [-0.4, -0.2) is 26.2 Å². The zero-order valence-electron chi connectivity index (χ0n) is 8.20. The molecule has 0 bridgehead atoms. The van der Waals surface area contributed by atoms with Crippen LogP contribution in [0.5, 0.6) is 0 Å². The molecule has 0 unspecified atom stereocenters. The van der Waals surface area contributed by atoms with Gasteiger partial charge in [0.2, 0.25) is 0 Å². The highest BCUT2D eigenvalue weighted by atomic mass is 16.4. The number of tetrazole rings is 1. The summed E-state index contributed by atoms with van der Waals surface area (Å²) >= 11 is 0. The minimum absolute atomic E-state index is 0.365. The maximum Gasteiger partial charge on any atom is 0.182 e. The van der Waals surface area contributed by atoms with E-state index in [-0.39, 0.29) is 6.54 Å². The molecule has 1 heterocycles. The Morgan fingerprint density at radius 2 is 2.06 bits per heavy atom. The van der Waals surface area contributed by atoms with Crippen LogP contribution in [0, 0.1) is 0 Å². The molecule has 2 rings (SSSR count). The number of carboxylic acid groups (broad SMARTS) is 1. The average Bonchev–Trinajstić information content (AvgIpc) is 2.66. The van der Waals surface area contributed by atoms with E-state index in [1.54, 1.807) is 24.3 Å². The first-order valence-corrected chi connectivity index (χ1v) is 4.49. The molecule has 0 amide bonds. The van der Waals surface area contributed by atoms with Gasteiger partial charge in [-0.2, -0.15) is 0 Å². The number of hydrogen-bond acceptors (Lipinski definition) is 6. The largest absolute Gasteiger partial charge is 0.548 e. The number of aliphatic carboxylic acids is 1. The van der Waals surface area contributed by atoms with Gasteiger partial charge in [-0.1, -0.05) is 0 Å². The summed E-state index contributed by atoms with van der Waals surface area (Å²) in [5.41, 5.74) is 6.84. The quantitative estimate of drug-likeness (QED) is 0.639. The van der Waals surface area contributed by atoms with Gasteiger partial charge in [0.25, 0.3) is 0 Å².